The van der Waals surface area contributed by atoms with Crippen LogP contribution in [0.5, 0.6) is 0 Å². The second kappa shape index (κ2) is 8.81. The molecule has 0 spiro atoms. The monoisotopic (exact) mass is 336 g/mol. The fraction of sp³-hybridized carbons (Fsp3) is 0.818. The fourth-order valence-corrected chi connectivity index (χ4v) is 5.35. The van der Waals surface area contributed by atoms with Gasteiger partial charge in [0, 0.05) is 0 Å². The van der Waals surface area contributed by atoms with E-state index >= 15 is 0 Å². The molecule has 3 aliphatic carbocycles. The van der Waals surface area contributed by atoms with Gasteiger partial charge in [-0.25, -0.2) is 8.78 Å². The van der Waals surface area contributed by atoms with Gasteiger partial charge in [-0.3, -0.25) is 0 Å². The summed E-state index contributed by atoms with van der Waals surface area (Å²) in [5, 5.41) is 0. The van der Waals surface area contributed by atoms with Crippen LogP contribution in [0.1, 0.15) is 83.5 Å². The summed E-state index contributed by atoms with van der Waals surface area (Å²) in [6.45, 7) is 3.84. The van der Waals surface area contributed by atoms with Crippen molar-refractivity contribution < 1.29 is 8.78 Å². The predicted octanol–water partition coefficient (Wildman–Crippen LogP) is 6.96. The molecule has 0 heterocycles. The first-order valence-corrected chi connectivity index (χ1v) is 10.3. The highest BCUT2D eigenvalue weighted by atomic mass is 19.2. The van der Waals surface area contributed by atoms with Crippen LogP contribution >= 0.6 is 0 Å². The second-order valence-electron chi connectivity index (χ2n) is 8.44. The molecule has 0 bridgehead atoms. The molecule has 3 saturated carbocycles. The number of alkyl halides is 2. The zero-order valence-electron chi connectivity index (χ0n) is 15.1. The lowest BCUT2D eigenvalue weighted by Crippen LogP contribution is -2.33. The number of hydrogen-bond acceptors (Lipinski definition) is 0. The summed E-state index contributed by atoms with van der Waals surface area (Å²) in [5.74, 6) is 5.47. The van der Waals surface area contributed by atoms with Crippen molar-refractivity contribution in [1.82, 2.24) is 0 Å². The second-order valence-corrected chi connectivity index (χ2v) is 8.44. The maximum atomic E-state index is 13.7. The number of halogens is 2. The highest BCUT2D eigenvalue weighted by molar-refractivity contribution is 5.09. The smallest absolute Gasteiger partial charge is 0.131 e. The summed E-state index contributed by atoms with van der Waals surface area (Å²) < 4.78 is 27.0. The van der Waals surface area contributed by atoms with Crippen molar-refractivity contribution in [3.63, 3.8) is 0 Å². The van der Waals surface area contributed by atoms with Crippen LogP contribution in [0.15, 0.2) is 12.7 Å². The Kier molecular flexibility index (Phi) is 6.75. The molecule has 24 heavy (non-hydrogen) atoms. The van der Waals surface area contributed by atoms with E-state index in [0.717, 1.165) is 18.3 Å². The van der Waals surface area contributed by atoms with Crippen LogP contribution in [0, 0.1) is 29.6 Å². The Hall–Kier alpha value is -0.400. The largest absolute Gasteiger partial charge is 0.244 e. The SMILES string of the molecule is C=CCCC1CC[C](C2CC[C](C3CCC(F)C(F)C3)CC2)CC1. The summed E-state index contributed by atoms with van der Waals surface area (Å²) in [5.41, 5.74) is 0. The van der Waals surface area contributed by atoms with Crippen LogP contribution in [-0.4, -0.2) is 12.3 Å². The molecule has 136 valence electrons. The summed E-state index contributed by atoms with van der Waals surface area (Å²) in [4.78, 5) is 0. The molecular formula is C22H34F2. The molecule has 0 nitrogen and oxygen atoms in total. The van der Waals surface area contributed by atoms with Crippen molar-refractivity contribution in [2.24, 2.45) is 17.8 Å². The first-order valence-electron chi connectivity index (χ1n) is 10.3. The molecule has 0 aromatic rings. The Balaban J connectivity index is 1.39. The van der Waals surface area contributed by atoms with E-state index < -0.39 is 12.3 Å². The zero-order valence-corrected chi connectivity index (χ0v) is 15.1. The van der Waals surface area contributed by atoms with Crippen molar-refractivity contribution in [1.29, 1.82) is 0 Å². The fourth-order valence-electron chi connectivity index (χ4n) is 5.35. The molecule has 3 rings (SSSR count). The van der Waals surface area contributed by atoms with Gasteiger partial charge in [0.05, 0.1) is 0 Å². The number of allylic oxidation sites excluding steroid dienone is 1. The molecule has 3 unspecified atom stereocenters. The van der Waals surface area contributed by atoms with E-state index in [9.17, 15) is 8.78 Å². The van der Waals surface area contributed by atoms with Gasteiger partial charge in [0.25, 0.3) is 0 Å². The topological polar surface area (TPSA) is 0 Å². The molecule has 2 heteroatoms. The van der Waals surface area contributed by atoms with Crippen LogP contribution in [0.25, 0.3) is 0 Å². The van der Waals surface area contributed by atoms with Crippen LogP contribution in [0.3, 0.4) is 0 Å². The lowest BCUT2D eigenvalue weighted by Gasteiger charge is -2.40. The summed E-state index contributed by atoms with van der Waals surface area (Å²) in [6.07, 6.45) is 14.2. The Bertz CT molecular complexity index is 377. The predicted molar refractivity (Wildman–Crippen MR) is 97.0 cm³/mol. The molecule has 0 amide bonds. The number of hydrogen-bond donors (Lipinski definition) is 0. The lowest BCUT2D eigenvalue weighted by atomic mass is 9.65. The maximum absolute atomic E-state index is 13.7. The third kappa shape index (κ3) is 4.61. The summed E-state index contributed by atoms with van der Waals surface area (Å²) in [7, 11) is 0. The minimum Gasteiger partial charge on any atom is -0.244 e. The third-order valence-corrected chi connectivity index (χ3v) is 7.00. The Morgan fingerprint density at radius 3 is 2.04 bits per heavy atom. The summed E-state index contributed by atoms with van der Waals surface area (Å²) >= 11 is 0. The molecule has 3 atom stereocenters. The van der Waals surface area contributed by atoms with Crippen LogP contribution < -0.4 is 0 Å². The molecule has 3 aliphatic rings. The van der Waals surface area contributed by atoms with Gasteiger partial charge in [0.1, 0.15) is 12.3 Å². The molecule has 0 saturated heterocycles. The van der Waals surface area contributed by atoms with Gasteiger partial charge in [-0.2, -0.15) is 0 Å². The van der Waals surface area contributed by atoms with E-state index in [0.29, 0.717) is 18.8 Å². The van der Waals surface area contributed by atoms with E-state index in [1.165, 1.54) is 64.2 Å². The first kappa shape index (κ1) is 18.4. The molecule has 0 aliphatic heterocycles. The van der Waals surface area contributed by atoms with Crippen molar-refractivity contribution in [2.75, 3.05) is 0 Å². The maximum Gasteiger partial charge on any atom is 0.131 e. The van der Waals surface area contributed by atoms with E-state index in [1.54, 1.807) is 5.92 Å². The number of rotatable bonds is 5. The van der Waals surface area contributed by atoms with Crippen molar-refractivity contribution >= 4 is 0 Å². The third-order valence-electron chi connectivity index (χ3n) is 7.00. The van der Waals surface area contributed by atoms with Crippen molar-refractivity contribution in [2.45, 2.75) is 95.8 Å². The van der Waals surface area contributed by atoms with Gasteiger partial charge in [-0.05, 0) is 113 Å². The highest BCUT2D eigenvalue weighted by Gasteiger charge is 2.38. The minimum absolute atomic E-state index is 0.368. The van der Waals surface area contributed by atoms with Gasteiger partial charge in [-0.1, -0.05) is 6.08 Å². The molecule has 0 aromatic heterocycles. The van der Waals surface area contributed by atoms with E-state index in [-0.39, 0.29) is 0 Å². The van der Waals surface area contributed by atoms with Crippen molar-refractivity contribution in [3.8, 4) is 0 Å². The first-order chi connectivity index (χ1) is 11.7. The molecule has 0 N–H and O–H groups in total. The molecular weight excluding hydrogens is 302 g/mol. The standard InChI is InChI=1S/C22H34F2/c1-2-3-4-16-5-7-17(8-6-16)18-9-11-19(12-10-18)20-13-14-21(23)22(24)15-20/h2,16,18,20-22H,1,3-15H2. The highest BCUT2D eigenvalue weighted by Crippen LogP contribution is 2.47. The molecule has 0 aromatic carbocycles. The Morgan fingerprint density at radius 2 is 1.42 bits per heavy atom. The normalized spacial score (nSPS) is 35.2. The Morgan fingerprint density at radius 1 is 0.792 bits per heavy atom. The van der Waals surface area contributed by atoms with E-state index in [2.05, 4.69) is 12.7 Å². The average molecular weight is 337 g/mol. The minimum atomic E-state index is -1.21. The van der Waals surface area contributed by atoms with Crippen LogP contribution in [-0.2, 0) is 0 Å². The zero-order chi connectivity index (χ0) is 16.9. The van der Waals surface area contributed by atoms with Crippen LogP contribution in [0.4, 0.5) is 8.78 Å². The van der Waals surface area contributed by atoms with Crippen molar-refractivity contribution in [3.05, 3.63) is 24.5 Å². The molecule has 3 fully saturated rings. The van der Waals surface area contributed by atoms with Gasteiger partial charge < -0.3 is 0 Å². The average Bonchev–Trinajstić information content (AvgIpc) is 2.63. The molecule has 2 radical (unpaired) electrons. The van der Waals surface area contributed by atoms with Gasteiger partial charge in [-0.15, -0.1) is 6.58 Å². The van der Waals surface area contributed by atoms with E-state index in [1.807, 2.05) is 5.92 Å². The lowest BCUT2D eigenvalue weighted by molar-refractivity contribution is 0.0875. The van der Waals surface area contributed by atoms with E-state index in [4.69, 9.17) is 0 Å². The van der Waals surface area contributed by atoms with Gasteiger partial charge in [0.15, 0.2) is 0 Å². The van der Waals surface area contributed by atoms with Crippen LogP contribution in [0.2, 0.25) is 0 Å². The van der Waals surface area contributed by atoms with Gasteiger partial charge in [0.2, 0.25) is 0 Å². The van der Waals surface area contributed by atoms with Gasteiger partial charge >= 0.3 is 0 Å². The summed E-state index contributed by atoms with van der Waals surface area (Å²) in [6, 6.07) is 0. The quantitative estimate of drug-likeness (QED) is 0.476. The Labute approximate surface area is 147 Å².